The minimum absolute atomic E-state index is 0.131. The molecule has 92 valence electrons. The minimum atomic E-state index is -0.131. The monoisotopic (exact) mass is 367 g/mol. The predicted molar refractivity (Wildman–Crippen MR) is 81.0 cm³/mol. The Kier molecular flexibility index (Phi) is 4.19. The van der Waals surface area contributed by atoms with Gasteiger partial charge in [0.15, 0.2) is 0 Å². The first-order chi connectivity index (χ1) is 8.56. The second-order valence-electron chi connectivity index (χ2n) is 3.95. The van der Waals surface area contributed by atoms with Crippen molar-refractivity contribution in [1.29, 1.82) is 0 Å². The third-order valence-electron chi connectivity index (χ3n) is 2.45. The molecule has 2 rings (SSSR count). The molecule has 1 N–H and O–H groups in total. The van der Waals surface area contributed by atoms with Gasteiger partial charge in [0.25, 0.3) is 5.91 Å². The average molecular weight is 369 g/mol. The molecule has 0 fully saturated rings. The van der Waals surface area contributed by atoms with Crippen molar-refractivity contribution in [2.45, 2.75) is 6.92 Å². The lowest BCUT2D eigenvalue weighted by Crippen LogP contribution is -2.12. The van der Waals surface area contributed by atoms with Gasteiger partial charge in [-0.15, -0.1) is 0 Å². The van der Waals surface area contributed by atoms with Gasteiger partial charge in [-0.2, -0.15) is 0 Å². The van der Waals surface area contributed by atoms with E-state index in [9.17, 15) is 4.79 Å². The van der Waals surface area contributed by atoms with Crippen molar-refractivity contribution in [3.05, 3.63) is 62.5 Å². The van der Waals surface area contributed by atoms with Crippen LogP contribution in [0.1, 0.15) is 15.9 Å². The Bertz CT molecular complexity index is 596. The van der Waals surface area contributed by atoms with E-state index in [0.717, 1.165) is 20.2 Å². The van der Waals surface area contributed by atoms with Crippen LogP contribution in [0.2, 0.25) is 0 Å². The topological polar surface area (TPSA) is 29.1 Å². The summed E-state index contributed by atoms with van der Waals surface area (Å²) >= 11 is 6.74. The van der Waals surface area contributed by atoms with Crippen LogP contribution in [0.5, 0.6) is 0 Å². The summed E-state index contributed by atoms with van der Waals surface area (Å²) in [5.74, 6) is -0.131. The molecule has 0 spiro atoms. The summed E-state index contributed by atoms with van der Waals surface area (Å²) in [4.78, 5) is 12.1. The van der Waals surface area contributed by atoms with Gasteiger partial charge in [-0.05, 0) is 58.7 Å². The van der Waals surface area contributed by atoms with Crippen LogP contribution < -0.4 is 5.32 Å². The van der Waals surface area contributed by atoms with Crippen LogP contribution in [0.3, 0.4) is 0 Å². The van der Waals surface area contributed by atoms with Crippen LogP contribution in [0.15, 0.2) is 51.4 Å². The maximum absolute atomic E-state index is 12.1. The fourth-order valence-electron chi connectivity index (χ4n) is 1.59. The lowest BCUT2D eigenvalue weighted by Gasteiger charge is -2.08. The summed E-state index contributed by atoms with van der Waals surface area (Å²) in [6.07, 6.45) is 0. The fourth-order valence-corrected chi connectivity index (χ4v) is 2.38. The Labute approximate surface area is 123 Å². The first-order valence-electron chi connectivity index (χ1n) is 5.39. The van der Waals surface area contributed by atoms with Crippen molar-refractivity contribution < 1.29 is 4.79 Å². The highest BCUT2D eigenvalue weighted by Gasteiger charge is 2.10. The number of anilines is 1. The van der Waals surface area contributed by atoms with Crippen molar-refractivity contribution in [3.63, 3.8) is 0 Å². The van der Waals surface area contributed by atoms with Gasteiger partial charge in [0.1, 0.15) is 0 Å². The Morgan fingerprint density at radius 1 is 1.11 bits per heavy atom. The summed E-state index contributed by atoms with van der Waals surface area (Å²) in [5, 5.41) is 2.88. The summed E-state index contributed by atoms with van der Waals surface area (Å²) in [7, 11) is 0. The molecule has 0 radical (unpaired) electrons. The number of rotatable bonds is 2. The van der Waals surface area contributed by atoms with Crippen molar-refractivity contribution in [2.75, 3.05) is 5.32 Å². The van der Waals surface area contributed by atoms with Crippen LogP contribution in [-0.2, 0) is 0 Å². The van der Waals surface area contributed by atoms with E-state index in [1.807, 2.05) is 43.3 Å². The largest absolute Gasteiger partial charge is 0.322 e. The van der Waals surface area contributed by atoms with E-state index in [4.69, 9.17) is 0 Å². The van der Waals surface area contributed by atoms with Gasteiger partial charge in [0.05, 0.1) is 5.56 Å². The third-order valence-corrected chi connectivity index (χ3v) is 3.63. The summed E-state index contributed by atoms with van der Waals surface area (Å²) in [6.45, 7) is 1.99. The number of aryl methyl sites for hydroxylation is 1. The number of carbonyl (C=O) groups excluding carboxylic acids is 1. The molecule has 0 atom stereocenters. The number of carbonyl (C=O) groups is 1. The SMILES string of the molecule is Cc1cccc(NC(=O)c2cc(Br)ccc2Br)c1. The molecule has 2 aromatic carbocycles. The molecule has 0 aromatic heterocycles. The van der Waals surface area contributed by atoms with E-state index in [-0.39, 0.29) is 5.91 Å². The Balaban J connectivity index is 2.24. The van der Waals surface area contributed by atoms with Gasteiger partial charge < -0.3 is 5.32 Å². The van der Waals surface area contributed by atoms with Crippen LogP contribution in [0, 0.1) is 6.92 Å². The highest BCUT2D eigenvalue weighted by Crippen LogP contribution is 2.22. The quantitative estimate of drug-likeness (QED) is 0.812. The number of amides is 1. The highest BCUT2D eigenvalue weighted by molar-refractivity contribution is 9.11. The molecule has 1 amide bonds. The molecule has 0 unspecified atom stereocenters. The van der Waals surface area contributed by atoms with Crippen LogP contribution in [0.4, 0.5) is 5.69 Å². The van der Waals surface area contributed by atoms with Crippen LogP contribution >= 0.6 is 31.9 Å². The molecule has 2 nitrogen and oxygen atoms in total. The number of hydrogen-bond donors (Lipinski definition) is 1. The molecule has 0 aliphatic carbocycles. The van der Waals surface area contributed by atoms with Gasteiger partial charge in [-0.3, -0.25) is 4.79 Å². The zero-order chi connectivity index (χ0) is 13.1. The van der Waals surface area contributed by atoms with Gasteiger partial charge >= 0.3 is 0 Å². The van der Waals surface area contributed by atoms with E-state index in [1.54, 1.807) is 6.07 Å². The molecule has 0 heterocycles. The van der Waals surface area contributed by atoms with Crippen LogP contribution in [-0.4, -0.2) is 5.91 Å². The Morgan fingerprint density at radius 3 is 2.61 bits per heavy atom. The smallest absolute Gasteiger partial charge is 0.256 e. The van der Waals surface area contributed by atoms with Crippen molar-refractivity contribution in [1.82, 2.24) is 0 Å². The molecule has 0 saturated carbocycles. The maximum Gasteiger partial charge on any atom is 0.256 e. The number of halogens is 2. The first kappa shape index (κ1) is 13.3. The Morgan fingerprint density at radius 2 is 1.89 bits per heavy atom. The number of nitrogens with one attached hydrogen (secondary N) is 1. The van der Waals surface area contributed by atoms with Gasteiger partial charge in [-0.1, -0.05) is 28.1 Å². The third kappa shape index (κ3) is 3.21. The highest BCUT2D eigenvalue weighted by atomic mass is 79.9. The molecule has 0 aliphatic heterocycles. The summed E-state index contributed by atoms with van der Waals surface area (Å²) < 4.78 is 1.65. The second kappa shape index (κ2) is 5.67. The number of hydrogen-bond acceptors (Lipinski definition) is 1. The summed E-state index contributed by atoms with van der Waals surface area (Å²) in [6, 6.07) is 13.2. The van der Waals surface area contributed by atoms with Crippen molar-refractivity contribution in [2.24, 2.45) is 0 Å². The van der Waals surface area contributed by atoms with E-state index >= 15 is 0 Å². The molecule has 0 aliphatic rings. The zero-order valence-corrected chi connectivity index (χ0v) is 12.9. The molecular formula is C14H11Br2NO. The normalized spacial score (nSPS) is 10.2. The first-order valence-corrected chi connectivity index (χ1v) is 6.98. The van der Waals surface area contributed by atoms with Crippen molar-refractivity contribution >= 4 is 43.5 Å². The molecule has 2 aromatic rings. The lowest BCUT2D eigenvalue weighted by molar-refractivity contribution is 0.102. The zero-order valence-electron chi connectivity index (χ0n) is 9.71. The fraction of sp³-hybridized carbons (Fsp3) is 0.0714. The van der Waals surface area contributed by atoms with E-state index in [2.05, 4.69) is 37.2 Å². The molecule has 4 heteroatoms. The standard InChI is InChI=1S/C14H11Br2NO/c1-9-3-2-4-11(7-9)17-14(18)12-8-10(15)5-6-13(12)16/h2-8H,1H3,(H,17,18). The Hall–Kier alpha value is -1.13. The van der Waals surface area contributed by atoms with Gasteiger partial charge in [0, 0.05) is 14.6 Å². The maximum atomic E-state index is 12.1. The molecule has 0 bridgehead atoms. The average Bonchev–Trinajstić information content (AvgIpc) is 2.32. The molecule has 18 heavy (non-hydrogen) atoms. The van der Waals surface area contributed by atoms with Gasteiger partial charge in [0.2, 0.25) is 0 Å². The van der Waals surface area contributed by atoms with E-state index in [0.29, 0.717) is 5.56 Å². The predicted octanol–water partition coefficient (Wildman–Crippen LogP) is 4.77. The van der Waals surface area contributed by atoms with Gasteiger partial charge in [-0.25, -0.2) is 0 Å². The molecule has 0 saturated heterocycles. The second-order valence-corrected chi connectivity index (χ2v) is 5.72. The lowest BCUT2D eigenvalue weighted by atomic mass is 10.2. The van der Waals surface area contributed by atoms with Crippen LogP contribution in [0.25, 0.3) is 0 Å². The molecular weight excluding hydrogens is 358 g/mol. The van der Waals surface area contributed by atoms with Crippen molar-refractivity contribution in [3.8, 4) is 0 Å². The van der Waals surface area contributed by atoms with E-state index in [1.165, 1.54) is 0 Å². The number of benzene rings is 2. The summed E-state index contributed by atoms with van der Waals surface area (Å²) in [5.41, 5.74) is 2.51. The minimum Gasteiger partial charge on any atom is -0.322 e. The van der Waals surface area contributed by atoms with E-state index < -0.39 is 0 Å².